The van der Waals surface area contributed by atoms with Gasteiger partial charge in [-0.2, -0.15) is 0 Å². The Balaban J connectivity index is 2.30. The second kappa shape index (κ2) is 5.85. The van der Waals surface area contributed by atoms with Crippen molar-refractivity contribution in [2.24, 2.45) is 5.73 Å². The van der Waals surface area contributed by atoms with E-state index in [0.717, 1.165) is 23.5 Å². The Morgan fingerprint density at radius 2 is 2.00 bits per heavy atom. The van der Waals surface area contributed by atoms with Crippen molar-refractivity contribution >= 4 is 0 Å². The molecule has 0 saturated carbocycles. The predicted molar refractivity (Wildman–Crippen MR) is 72.3 cm³/mol. The number of methoxy groups -OCH3 is 1. The maximum atomic E-state index is 5.81. The number of hydrogen-bond acceptors (Lipinski definition) is 3. The van der Waals surface area contributed by atoms with E-state index in [-0.39, 0.29) is 6.04 Å². The molecule has 2 aromatic rings. The summed E-state index contributed by atoms with van der Waals surface area (Å²) in [7, 11) is 1.71. The Labute approximate surface area is 108 Å². The van der Waals surface area contributed by atoms with E-state index in [1.165, 1.54) is 5.56 Å². The fourth-order valence-electron chi connectivity index (χ4n) is 1.93. The zero-order valence-corrected chi connectivity index (χ0v) is 10.8. The Morgan fingerprint density at radius 3 is 2.67 bits per heavy atom. The number of nitrogens with two attached hydrogens (primary N) is 1. The summed E-state index contributed by atoms with van der Waals surface area (Å²) in [5.41, 5.74) is 8.15. The maximum absolute atomic E-state index is 5.81. The molecule has 2 rings (SSSR count). The van der Waals surface area contributed by atoms with E-state index in [4.69, 9.17) is 14.9 Å². The lowest BCUT2D eigenvalue weighted by Crippen LogP contribution is -2.02. The summed E-state index contributed by atoms with van der Waals surface area (Å²) in [5.74, 6) is 1.68. The van der Waals surface area contributed by atoms with Crippen LogP contribution in [-0.2, 0) is 11.2 Å². The first-order chi connectivity index (χ1) is 8.72. The highest BCUT2D eigenvalue weighted by Gasteiger charge is 2.10. The highest BCUT2D eigenvalue weighted by atomic mass is 16.5. The van der Waals surface area contributed by atoms with Gasteiger partial charge < -0.3 is 14.9 Å². The quantitative estimate of drug-likeness (QED) is 0.880. The molecule has 2 N–H and O–H groups in total. The number of rotatable bonds is 5. The largest absolute Gasteiger partial charge is 0.459 e. The number of furan rings is 1. The lowest BCUT2D eigenvalue weighted by atomic mass is 10.0. The number of hydrogen-bond donors (Lipinski definition) is 1. The van der Waals surface area contributed by atoms with E-state index in [1.807, 2.05) is 31.2 Å². The van der Waals surface area contributed by atoms with Gasteiger partial charge in [-0.1, -0.05) is 24.3 Å². The molecule has 18 heavy (non-hydrogen) atoms. The van der Waals surface area contributed by atoms with Gasteiger partial charge in [0.1, 0.15) is 11.5 Å². The summed E-state index contributed by atoms with van der Waals surface area (Å²) in [6.07, 6.45) is 0.876. The minimum absolute atomic E-state index is 0.0788. The minimum Gasteiger partial charge on any atom is -0.459 e. The van der Waals surface area contributed by atoms with Gasteiger partial charge >= 0.3 is 0 Å². The monoisotopic (exact) mass is 245 g/mol. The van der Waals surface area contributed by atoms with Crippen molar-refractivity contribution in [1.29, 1.82) is 0 Å². The van der Waals surface area contributed by atoms with Gasteiger partial charge in [-0.05, 0) is 31.0 Å². The topological polar surface area (TPSA) is 48.4 Å². The summed E-state index contributed by atoms with van der Waals surface area (Å²) in [6, 6.07) is 12.0. The molecule has 1 atom stereocenters. The third-order valence-electron chi connectivity index (χ3n) is 2.93. The van der Waals surface area contributed by atoms with E-state index >= 15 is 0 Å². The summed E-state index contributed by atoms with van der Waals surface area (Å²) < 4.78 is 10.9. The van der Waals surface area contributed by atoms with Crippen LogP contribution in [0, 0.1) is 0 Å². The molecule has 3 nitrogen and oxygen atoms in total. The van der Waals surface area contributed by atoms with Gasteiger partial charge in [0.15, 0.2) is 0 Å². The smallest absolute Gasteiger partial charge is 0.134 e. The molecule has 0 aliphatic rings. The lowest BCUT2D eigenvalue weighted by Gasteiger charge is -2.07. The van der Waals surface area contributed by atoms with Crippen LogP contribution in [0.3, 0.4) is 0 Å². The molecule has 0 saturated heterocycles. The Bertz CT molecular complexity index is 503. The van der Waals surface area contributed by atoms with Crippen LogP contribution in [0.25, 0.3) is 11.3 Å². The van der Waals surface area contributed by atoms with Crippen LogP contribution in [-0.4, -0.2) is 13.7 Å². The zero-order valence-electron chi connectivity index (χ0n) is 10.8. The van der Waals surface area contributed by atoms with Gasteiger partial charge in [-0.3, -0.25) is 0 Å². The van der Waals surface area contributed by atoms with Crippen molar-refractivity contribution in [2.45, 2.75) is 19.4 Å². The molecule has 0 amide bonds. The van der Waals surface area contributed by atoms with Crippen molar-refractivity contribution in [2.75, 3.05) is 13.7 Å². The molecule has 1 aromatic carbocycles. The van der Waals surface area contributed by atoms with Crippen LogP contribution >= 0.6 is 0 Å². The van der Waals surface area contributed by atoms with Gasteiger partial charge in [-0.25, -0.2) is 0 Å². The summed E-state index contributed by atoms with van der Waals surface area (Å²) in [5, 5.41) is 0. The Kier molecular flexibility index (Phi) is 4.18. The fourth-order valence-corrected chi connectivity index (χ4v) is 1.93. The Morgan fingerprint density at radius 1 is 1.22 bits per heavy atom. The van der Waals surface area contributed by atoms with E-state index in [0.29, 0.717) is 6.61 Å². The third-order valence-corrected chi connectivity index (χ3v) is 2.93. The average Bonchev–Trinajstić information content (AvgIpc) is 2.86. The van der Waals surface area contributed by atoms with Crippen molar-refractivity contribution in [1.82, 2.24) is 0 Å². The summed E-state index contributed by atoms with van der Waals surface area (Å²) >= 11 is 0. The molecule has 1 aromatic heterocycles. The van der Waals surface area contributed by atoms with Crippen molar-refractivity contribution in [3.05, 3.63) is 47.7 Å². The molecule has 1 unspecified atom stereocenters. The molecule has 3 heteroatoms. The van der Waals surface area contributed by atoms with Crippen LogP contribution in [0.1, 0.15) is 24.3 Å². The Hall–Kier alpha value is -1.58. The van der Waals surface area contributed by atoms with E-state index in [9.17, 15) is 0 Å². The highest BCUT2D eigenvalue weighted by molar-refractivity contribution is 5.62. The van der Waals surface area contributed by atoms with Gasteiger partial charge in [0.25, 0.3) is 0 Å². The second-order valence-corrected chi connectivity index (χ2v) is 4.39. The molecule has 0 spiro atoms. The fraction of sp³-hybridized carbons (Fsp3) is 0.333. The summed E-state index contributed by atoms with van der Waals surface area (Å²) in [6.45, 7) is 2.62. The maximum Gasteiger partial charge on any atom is 0.134 e. The zero-order chi connectivity index (χ0) is 13.0. The average molecular weight is 245 g/mol. The normalized spacial score (nSPS) is 12.6. The first-order valence-corrected chi connectivity index (χ1v) is 6.15. The second-order valence-electron chi connectivity index (χ2n) is 4.39. The minimum atomic E-state index is -0.0788. The SMILES string of the molecule is COCCc1ccccc1-c1ccc(C(C)N)o1. The van der Waals surface area contributed by atoms with Crippen molar-refractivity contribution in [3.8, 4) is 11.3 Å². The van der Waals surface area contributed by atoms with Gasteiger partial charge in [0, 0.05) is 12.7 Å². The van der Waals surface area contributed by atoms with Gasteiger partial charge in [0.2, 0.25) is 0 Å². The first-order valence-electron chi connectivity index (χ1n) is 6.15. The van der Waals surface area contributed by atoms with Crippen molar-refractivity contribution in [3.63, 3.8) is 0 Å². The van der Waals surface area contributed by atoms with Crippen molar-refractivity contribution < 1.29 is 9.15 Å². The summed E-state index contributed by atoms with van der Waals surface area (Å²) in [4.78, 5) is 0. The molecular weight excluding hydrogens is 226 g/mol. The van der Waals surface area contributed by atoms with Crippen LogP contribution in [0.4, 0.5) is 0 Å². The molecule has 0 aliphatic carbocycles. The molecule has 0 radical (unpaired) electrons. The predicted octanol–water partition coefficient (Wildman–Crippen LogP) is 3.16. The van der Waals surface area contributed by atoms with E-state index < -0.39 is 0 Å². The van der Waals surface area contributed by atoms with E-state index in [2.05, 4.69) is 12.1 Å². The van der Waals surface area contributed by atoms with Crippen LogP contribution in [0.15, 0.2) is 40.8 Å². The molecule has 0 aliphatic heterocycles. The molecule has 0 fully saturated rings. The molecule has 1 heterocycles. The lowest BCUT2D eigenvalue weighted by molar-refractivity contribution is 0.202. The van der Waals surface area contributed by atoms with Crippen LogP contribution in [0.2, 0.25) is 0 Å². The van der Waals surface area contributed by atoms with E-state index in [1.54, 1.807) is 7.11 Å². The first kappa shape index (κ1) is 12.9. The van der Waals surface area contributed by atoms with Crippen LogP contribution in [0.5, 0.6) is 0 Å². The number of ether oxygens (including phenoxy) is 1. The third kappa shape index (κ3) is 2.81. The van der Waals surface area contributed by atoms with Gasteiger partial charge in [0.05, 0.1) is 12.6 Å². The molecular formula is C15H19NO2. The molecule has 0 bridgehead atoms. The van der Waals surface area contributed by atoms with Crippen LogP contribution < -0.4 is 5.73 Å². The molecule has 96 valence electrons. The van der Waals surface area contributed by atoms with Gasteiger partial charge in [-0.15, -0.1) is 0 Å². The highest BCUT2D eigenvalue weighted by Crippen LogP contribution is 2.27. The number of benzene rings is 1. The standard InChI is InChI=1S/C15H19NO2/c1-11(16)14-7-8-15(18-14)13-6-4-3-5-12(13)9-10-17-2/h3-8,11H,9-10,16H2,1-2H3.